The topological polar surface area (TPSA) is 84.1 Å². The van der Waals surface area contributed by atoms with Crippen LogP contribution >= 0.6 is 11.6 Å². The average molecular weight is 396 g/mol. The number of amides is 1. The van der Waals surface area contributed by atoms with Gasteiger partial charge in [-0.25, -0.2) is 0 Å². The number of hydrogen-bond acceptors (Lipinski definition) is 4. The van der Waals surface area contributed by atoms with Crippen LogP contribution in [-0.2, 0) is 4.79 Å². The van der Waals surface area contributed by atoms with Crippen molar-refractivity contribution >= 4 is 29.1 Å². The first-order valence-corrected chi connectivity index (χ1v) is 9.35. The normalized spacial score (nSPS) is 15.6. The van der Waals surface area contributed by atoms with E-state index in [4.69, 9.17) is 16.3 Å². The van der Waals surface area contributed by atoms with E-state index in [-0.39, 0.29) is 18.1 Å². The lowest BCUT2D eigenvalue weighted by atomic mass is 9.84. The second-order valence-corrected chi connectivity index (χ2v) is 6.93. The number of nitrogens with one attached hydrogen (secondary N) is 2. The summed E-state index contributed by atoms with van der Waals surface area (Å²) in [4.78, 5) is 25.4. The number of halogens is 1. The summed E-state index contributed by atoms with van der Waals surface area (Å²) in [7, 11) is 0. The number of nitrogens with zero attached hydrogens (tertiary/aromatic N) is 1. The van der Waals surface area contributed by atoms with E-state index < -0.39 is 5.92 Å². The summed E-state index contributed by atoms with van der Waals surface area (Å²) in [5.74, 6) is 0.115. The third-order valence-corrected chi connectivity index (χ3v) is 4.95. The van der Waals surface area contributed by atoms with Crippen molar-refractivity contribution in [3.63, 3.8) is 0 Å². The van der Waals surface area contributed by atoms with E-state index in [1.165, 1.54) is 0 Å². The van der Waals surface area contributed by atoms with Gasteiger partial charge in [0, 0.05) is 28.1 Å². The maximum Gasteiger partial charge on any atom is 0.226 e. The minimum Gasteiger partial charge on any atom is -0.494 e. The maximum absolute atomic E-state index is 13.2. The molecule has 6 nitrogen and oxygen atoms in total. The molecule has 142 valence electrons. The molecule has 28 heavy (non-hydrogen) atoms. The number of Topliss-reactive ketones (excluding diaryl/α,β-unsaturated/α-hetero) is 1. The zero-order valence-electron chi connectivity index (χ0n) is 15.2. The summed E-state index contributed by atoms with van der Waals surface area (Å²) in [6, 6.07) is 14.2. The van der Waals surface area contributed by atoms with Crippen LogP contribution in [0, 0.1) is 0 Å². The van der Waals surface area contributed by atoms with E-state index in [0.717, 1.165) is 5.56 Å². The molecule has 7 heteroatoms. The highest BCUT2D eigenvalue weighted by Crippen LogP contribution is 2.40. The number of hydrogen-bond donors (Lipinski definition) is 2. The van der Waals surface area contributed by atoms with Crippen molar-refractivity contribution < 1.29 is 14.3 Å². The summed E-state index contributed by atoms with van der Waals surface area (Å²) in [6.45, 7) is 2.46. The molecule has 1 aromatic heterocycles. The molecule has 0 fully saturated rings. The summed E-state index contributed by atoms with van der Waals surface area (Å²) in [5.41, 5.74) is 2.77. The second kappa shape index (κ2) is 7.48. The first-order valence-electron chi connectivity index (χ1n) is 8.98. The van der Waals surface area contributed by atoms with E-state index in [0.29, 0.717) is 40.0 Å². The molecule has 2 heterocycles. The van der Waals surface area contributed by atoms with Gasteiger partial charge in [0.2, 0.25) is 5.91 Å². The van der Waals surface area contributed by atoms with Crippen LogP contribution in [0.25, 0.3) is 11.3 Å². The molecule has 2 aromatic carbocycles. The Morgan fingerprint density at radius 3 is 2.57 bits per heavy atom. The Labute approximate surface area is 166 Å². The lowest BCUT2D eigenvalue weighted by molar-refractivity contribution is -0.116. The van der Waals surface area contributed by atoms with E-state index in [1.807, 2.05) is 19.1 Å². The van der Waals surface area contributed by atoms with Crippen LogP contribution in [0.5, 0.6) is 5.75 Å². The fourth-order valence-corrected chi connectivity index (χ4v) is 3.53. The number of ketones is 1. The molecule has 1 atom stereocenters. The van der Waals surface area contributed by atoms with E-state index in [1.54, 1.807) is 36.4 Å². The van der Waals surface area contributed by atoms with Gasteiger partial charge >= 0.3 is 0 Å². The quantitative estimate of drug-likeness (QED) is 0.625. The van der Waals surface area contributed by atoms with Gasteiger partial charge in [-0.15, -0.1) is 0 Å². The number of H-pyrrole nitrogens is 1. The van der Waals surface area contributed by atoms with E-state index >= 15 is 0 Å². The maximum atomic E-state index is 13.2. The van der Waals surface area contributed by atoms with Gasteiger partial charge in [-0.05, 0) is 43.3 Å². The Balaban J connectivity index is 1.73. The number of aromatic nitrogens is 2. The highest BCUT2D eigenvalue weighted by molar-refractivity contribution is 6.30. The summed E-state index contributed by atoms with van der Waals surface area (Å²) >= 11 is 5.98. The molecule has 3 aromatic rings. The zero-order valence-corrected chi connectivity index (χ0v) is 15.9. The number of fused-ring (bicyclic) bond motifs is 1. The van der Waals surface area contributed by atoms with Crippen LogP contribution < -0.4 is 10.1 Å². The molecule has 0 bridgehead atoms. The number of aromatic amines is 1. The van der Waals surface area contributed by atoms with Crippen molar-refractivity contribution in [1.29, 1.82) is 0 Å². The standard InChI is InChI=1S/C21H18ClN3O3/c1-2-28-15-9-5-13(6-10-15)20(27)16-11-17(26)23-21-18(16)19(24-25-21)12-3-7-14(22)8-4-12/h3-10,16H,2,11H2,1H3,(H2,23,24,25,26). The van der Waals surface area contributed by atoms with Crippen LogP contribution in [0.4, 0.5) is 5.82 Å². The predicted octanol–water partition coefficient (Wildman–Crippen LogP) is 4.44. The van der Waals surface area contributed by atoms with Crippen LogP contribution in [0.2, 0.25) is 5.02 Å². The fraction of sp³-hybridized carbons (Fsp3) is 0.190. The largest absolute Gasteiger partial charge is 0.494 e. The Morgan fingerprint density at radius 1 is 1.18 bits per heavy atom. The Kier molecular flexibility index (Phi) is 4.88. The molecule has 0 saturated carbocycles. The van der Waals surface area contributed by atoms with Crippen molar-refractivity contribution in [2.24, 2.45) is 0 Å². The van der Waals surface area contributed by atoms with Crippen LogP contribution in [0.15, 0.2) is 48.5 Å². The number of rotatable bonds is 5. The number of carbonyl (C=O) groups is 2. The van der Waals surface area contributed by atoms with Crippen molar-refractivity contribution in [3.8, 4) is 17.0 Å². The van der Waals surface area contributed by atoms with Crippen LogP contribution in [-0.4, -0.2) is 28.5 Å². The molecular weight excluding hydrogens is 378 g/mol. The highest BCUT2D eigenvalue weighted by atomic mass is 35.5. The number of benzene rings is 2. The monoisotopic (exact) mass is 395 g/mol. The smallest absolute Gasteiger partial charge is 0.226 e. The van der Waals surface area contributed by atoms with Gasteiger partial charge in [0.05, 0.1) is 18.2 Å². The van der Waals surface area contributed by atoms with Gasteiger partial charge in [0.25, 0.3) is 0 Å². The third-order valence-electron chi connectivity index (χ3n) is 4.70. The van der Waals surface area contributed by atoms with E-state index in [2.05, 4.69) is 15.5 Å². The average Bonchev–Trinajstić information content (AvgIpc) is 3.12. The van der Waals surface area contributed by atoms with E-state index in [9.17, 15) is 9.59 Å². The van der Waals surface area contributed by atoms with Crippen molar-refractivity contribution in [1.82, 2.24) is 10.2 Å². The fourth-order valence-electron chi connectivity index (χ4n) is 3.40. The molecular formula is C21H18ClN3O3. The van der Waals surface area contributed by atoms with Gasteiger partial charge in [0.1, 0.15) is 5.75 Å². The van der Waals surface area contributed by atoms with Crippen molar-refractivity contribution in [2.75, 3.05) is 11.9 Å². The molecule has 1 aliphatic rings. The van der Waals surface area contributed by atoms with Gasteiger partial charge in [-0.1, -0.05) is 23.7 Å². The Hall–Kier alpha value is -3.12. The molecule has 0 spiro atoms. The molecule has 1 aliphatic heterocycles. The molecule has 0 radical (unpaired) electrons. The Bertz CT molecular complexity index is 1030. The second-order valence-electron chi connectivity index (χ2n) is 6.49. The van der Waals surface area contributed by atoms with Crippen molar-refractivity contribution in [3.05, 3.63) is 64.7 Å². The van der Waals surface area contributed by atoms with Crippen molar-refractivity contribution in [2.45, 2.75) is 19.3 Å². The van der Waals surface area contributed by atoms with Gasteiger partial charge in [-0.3, -0.25) is 14.7 Å². The zero-order chi connectivity index (χ0) is 19.7. The van der Waals surface area contributed by atoms with Gasteiger partial charge in [-0.2, -0.15) is 5.10 Å². The Morgan fingerprint density at radius 2 is 1.89 bits per heavy atom. The minimum absolute atomic E-state index is 0.0686. The molecule has 4 rings (SSSR count). The minimum atomic E-state index is -0.619. The lowest BCUT2D eigenvalue weighted by Crippen LogP contribution is -2.27. The molecule has 0 aliphatic carbocycles. The SMILES string of the molecule is CCOc1ccc(C(=O)C2CC(=O)Nc3n[nH]c(-c4ccc(Cl)cc4)c32)cc1. The summed E-state index contributed by atoms with van der Waals surface area (Å²) < 4.78 is 5.43. The van der Waals surface area contributed by atoms with Crippen LogP contribution in [0.3, 0.4) is 0 Å². The first kappa shape index (κ1) is 18.3. The summed E-state index contributed by atoms with van der Waals surface area (Å²) in [5, 5.41) is 10.5. The molecule has 1 amide bonds. The highest BCUT2D eigenvalue weighted by Gasteiger charge is 2.35. The number of carbonyl (C=O) groups excluding carboxylic acids is 2. The number of anilines is 1. The van der Waals surface area contributed by atoms with Crippen LogP contribution in [0.1, 0.15) is 35.2 Å². The predicted molar refractivity (Wildman–Crippen MR) is 107 cm³/mol. The number of ether oxygens (including phenoxy) is 1. The summed E-state index contributed by atoms with van der Waals surface area (Å²) in [6.07, 6.45) is 0.0686. The lowest BCUT2D eigenvalue weighted by Gasteiger charge is -2.22. The molecule has 0 saturated heterocycles. The molecule has 1 unspecified atom stereocenters. The molecule has 2 N–H and O–H groups in total. The van der Waals surface area contributed by atoms with Gasteiger partial charge < -0.3 is 10.1 Å². The first-order chi connectivity index (χ1) is 13.6. The third kappa shape index (κ3) is 3.39. The van der Waals surface area contributed by atoms with Gasteiger partial charge in [0.15, 0.2) is 11.6 Å².